The van der Waals surface area contributed by atoms with Gasteiger partial charge in [0, 0.05) is 46.9 Å². The average molecular weight is 511 g/mol. The number of fused-ring (bicyclic) bond motifs is 2. The molecule has 2 aliphatic heterocycles. The lowest BCUT2D eigenvalue weighted by molar-refractivity contribution is -0.0494. The normalized spacial score (nSPS) is 23.0. The number of ether oxygens (including phenoxy) is 2. The van der Waals surface area contributed by atoms with Gasteiger partial charge in [0.25, 0.3) is 0 Å². The first-order valence-corrected chi connectivity index (χ1v) is 12.7. The number of hydrogen-bond donors (Lipinski definition) is 2. The van der Waals surface area contributed by atoms with Crippen LogP contribution in [0, 0.1) is 0 Å². The van der Waals surface area contributed by atoms with E-state index in [1.165, 1.54) is 12.3 Å². The Labute approximate surface area is 212 Å². The number of hydrogen-bond acceptors (Lipinski definition) is 6. The minimum absolute atomic E-state index is 0.00790. The van der Waals surface area contributed by atoms with E-state index in [1.54, 1.807) is 18.2 Å². The van der Waals surface area contributed by atoms with E-state index >= 15 is 0 Å². The first kappa shape index (κ1) is 23.8. The number of anilines is 1. The Bertz CT molecular complexity index is 1280. The number of H-pyrrole nitrogens is 1. The fourth-order valence-electron chi connectivity index (χ4n) is 5.87. The largest absolute Gasteiger partial charge is 0.477 e. The summed E-state index contributed by atoms with van der Waals surface area (Å²) in [6, 6.07) is 8.63. The van der Waals surface area contributed by atoms with Gasteiger partial charge in [-0.15, -0.1) is 0 Å². The van der Waals surface area contributed by atoms with Gasteiger partial charge in [0.15, 0.2) is 5.69 Å². The first-order chi connectivity index (χ1) is 18.0. The molecule has 1 aliphatic carbocycles. The van der Waals surface area contributed by atoms with Crippen LogP contribution in [0.25, 0.3) is 11.1 Å². The number of aromatic nitrogens is 3. The number of carboxylic acids is 1. The van der Waals surface area contributed by atoms with Crippen molar-refractivity contribution < 1.29 is 28.2 Å². The number of nitrogens with one attached hydrogen (secondary N) is 1. The molecule has 10 heteroatoms. The maximum atomic E-state index is 13.0. The maximum Gasteiger partial charge on any atom is 0.387 e. The van der Waals surface area contributed by atoms with E-state index in [0.29, 0.717) is 24.0 Å². The Kier molecular flexibility index (Phi) is 6.27. The number of alkyl halides is 2. The van der Waals surface area contributed by atoms with Crippen LogP contribution in [0.4, 0.5) is 14.7 Å². The quantitative estimate of drug-likeness (QED) is 0.399. The SMILES string of the molecule is O=C(O)c1ccnc(N2C3CCC2CC(OCc2c(-c4ccccc4OC(F)F)c[nH]c2C2CC2)C3)n1. The lowest BCUT2D eigenvalue weighted by Crippen LogP contribution is -2.46. The molecule has 1 saturated carbocycles. The van der Waals surface area contributed by atoms with Crippen LogP contribution in [0.3, 0.4) is 0 Å². The summed E-state index contributed by atoms with van der Waals surface area (Å²) in [7, 11) is 0. The van der Waals surface area contributed by atoms with E-state index in [4.69, 9.17) is 9.47 Å². The van der Waals surface area contributed by atoms with E-state index in [0.717, 1.165) is 55.3 Å². The van der Waals surface area contributed by atoms with Gasteiger partial charge in [0.05, 0.1) is 12.7 Å². The zero-order valence-corrected chi connectivity index (χ0v) is 20.1. The summed E-state index contributed by atoms with van der Waals surface area (Å²) in [5, 5.41) is 9.31. The van der Waals surface area contributed by atoms with Gasteiger partial charge < -0.3 is 24.5 Å². The number of carboxylic acid groups (broad SMARTS) is 1. The number of piperidine rings is 1. The molecule has 194 valence electrons. The van der Waals surface area contributed by atoms with Gasteiger partial charge in [-0.05, 0) is 56.6 Å². The van der Waals surface area contributed by atoms with Crippen LogP contribution in [0.15, 0.2) is 42.7 Å². The highest BCUT2D eigenvalue weighted by molar-refractivity contribution is 5.85. The molecule has 37 heavy (non-hydrogen) atoms. The second kappa shape index (κ2) is 9.74. The molecule has 2 atom stereocenters. The Morgan fingerprint density at radius 2 is 1.86 bits per heavy atom. The second-order valence-electron chi connectivity index (χ2n) is 9.99. The smallest absolute Gasteiger partial charge is 0.387 e. The summed E-state index contributed by atoms with van der Waals surface area (Å²) in [6.45, 7) is -2.52. The molecule has 2 bridgehead atoms. The predicted molar refractivity (Wildman–Crippen MR) is 131 cm³/mol. The van der Waals surface area contributed by atoms with Gasteiger partial charge in [-0.3, -0.25) is 0 Å². The summed E-state index contributed by atoms with van der Waals surface area (Å²) in [5.41, 5.74) is 3.56. The number of aromatic carboxylic acids is 1. The highest BCUT2D eigenvalue weighted by Crippen LogP contribution is 2.46. The minimum atomic E-state index is -2.90. The number of halogens is 2. The molecule has 2 aromatic heterocycles. The van der Waals surface area contributed by atoms with E-state index < -0.39 is 12.6 Å². The van der Waals surface area contributed by atoms with Crippen LogP contribution >= 0.6 is 0 Å². The Balaban J connectivity index is 1.20. The van der Waals surface area contributed by atoms with Crippen molar-refractivity contribution in [2.75, 3.05) is 4.90 Å². The molecule has 2 unspecified atom stereocenters. The van der Waals surface area contributed by atoms with Gasteiger partial charge in [0.1, 0.15) is 5.75 Å². The molecule has 3 aliphatic rings. The van der Waals surface area contributed by atoms with Crippen LogP contribution in [0.5, 0.6) is 5.75 Å². The highest BCUT2D eigenvalue weighted by atomic mass is 19.3. The lowest BCUT2D eigenvalue weighted by Gasteiger charge is -2.38. The summed E-state index contributed by atoms with van der Waals surface area (Å²) in [4.78, 5) is 25.5. The van der Waals surface area contributed by atoms with Crippen molar-refractivity contribution in [3.63, 3.8) is 0 Å². The number of benzene rings is 1. The second-order valence-corrected chi connectivity index (χ2v) is 9.99. The van der Waals surface area contributed by atoms with Gasteiger partial charge in [-0.25, -0.2) is 14.8 Å². The third-order valence-electron chi connectivity index (χ3n) is 7.65. The molecule has 4 heterocycles. The summed E-state index contributed by atoms with van der Waals surface area (Å²) >= 11 is 0. The summed E-state index contributed by atoms with van der Waals surface area (Å²) < 4.78 is 37.4. The van der Waals surface area contributed by atoms with E-state index in [2.05, 4.69) is 19.9 Å². The lowest BCUT2D eigenvalue weighted by atomic mass is 9.99. The number of para-hydroxylation sites is 1. The fraction of sp³-hybridized carbons (Fsp3) is 0.444. The molecular formula is C27H28F2N4O4. The van der Waals surface area contributed by atoms with Gasteiger partial charge in [0.2, 0.25) is 5.95 Å². The van der Waals surface area contributed by atoms with E-state index in [-0.39, 0.29) is 29.6 Å². The molecular weight excluding hydrogens is 482 g/mol. The van der Waals surface area contributed by atoms with E-state index in [9.17, 15) is 18.7 Å². The van der Waals surface area contributed by atoms with Crippen molar-refractivity contribution in [2.24, 2.45) is 0 Å². The van der Waals surface area contributed by atoms with Crippen LogP contribution in [0.2, 0.25) is 0 Å². The van der Waals surface area contributed by atoms with E-state index in [1.807, 2.05) is 12.3 Å². The minimum Gasteiger partial charge on any atom is -0.477 e. The molecule has 0 amide bonds. The Morgan fingerprint density at radius 1 is 1.11 bits per heavy atom. The topological polar surface area (TPSA) is 101 Å². The third-order valence-corrected chi connectivity index (χ3v) is 7.65. The van der Waals surface area contributed by atoms with Crippen molar-refractivity contribution >= 4 is 11.9 Å². The van der Waals surface area contributed by atoms with Crippen molar-refractivity contribution in [1.29, 1.82) is 0 Å². The van der Waals surface area contributed by atoms with Crippen molar-refractivity contribution in [3.05, 3.63) is 59.7 Å². The van der Waals surface area contributed by atoms with Gasteiger partial charge in [-0.1, -0.05) is 18.2 Å². The highest BCUT2D eigenvalue weighted by Gasteiger charge is 2.43. The summed E-state index contributed by atoms with van der Waals surface area (Å²) in [6.07, 6.45) is 9.13. The molecule has 2 N–H and O–H groups in total. The maximum absolute atomic E-state index is 13.0. The molecule has 2 saturated heterocycles. The Morgan fingerprint density at radius 3 is 2.57 bits per heavy atom. The molecule has 0 radical (unpaired) electrons. The van der Waals surface area contributed by atoms with Gasteiger partial charge >= 0.3 is 12.6 Å². The standard InChI is InChI=1S/C27H28F2N4O4/c28-26(29)37-23-4-2-1-3-19(23)20-13-31-24(15-5-6-15)21(20)14-36-18-11-16-7-8-17(12-18)33(16)27-30-10-9-22(32-27)25(34)35/h1-4,9-10,13,15-18,26,31H,5-8,11-12,14H2,(H,34,35). The zero-order chi connectivity index (χ0) is 25.5. The van der Waals surface area contributed by atoms with Crippen molar-refractivity contribution in [3.8, 4) is 16.9 Å². The van der Waals surface area contributed by atoms with Crippen LogP contribution in [-0.2, 0) is 11.3 Å². The summed E-state index contributed by atoms with van der Waals surface area (Å²) in [5.74, 6) is -0.0174. The fourth-order valence-corrected chi connectivity index (χ4v) is 5.87. The number of nitrogens with zero attached hydrogens (tertiary/aromatic N) is 3. The molecule has 1 aromatic carbocycles. The van der Waals surface area contributed by atoms with Crippen LogP contribution in [0.1, 0.15) is 66.2 Å². The monoisotopic (exact) mass is 510 g/mol. The third kappa shape index (κ3) is 4.77. The molecule has 3 fully saturated rings. The Hall–Kier alpha value is -3.53. The molecule has 0 spiro atoms. The van der Waals surface area contributed by atoms with Crippen molar-refractivity contribution in [1.82, 2.24) is 15.0 Å². The van der Waals surface area contributed by atoms with Crippen molar-refractivity contribution in [2.45, 2.75) is 75.8 Å². The van der Waals surface area contributed by atoms with Gasteiger partial charge in [-0.2, -0.15) is 8.78 Å². The first-order valence-electron chi connectivity index (χ1n) is 12.7. The van der Waals surface area contributed by atoms with Crippen LogP contribution in [-0.4, -0.2) is 50.8 Å². The average Bonchev–Trinajstić information content (AvgIpc) is 3.59. The predicted octanol–water partition coefficient (Wildman–Crippen LogP) is 5.37. The number of aromatic amines is 1. The molecule has 6 rings (SSSR count). The number of carbonyl (C=O) groups is 1. The van der Waals surface area contributed by atoms with Crippen LogP contribution < -0.4 is 9.64 Å². The molecule has 3 aromatic rings. The number of rotatable bonds is 9. The zero-order valence-electron chi connectivity index (χ0n) is 20.1. The molecule has 8 nitrogen and oxygen atoms in total.